The first-order valence-electron chi connectivity index (χ1n) is 8.78. The van der Waals surface area contributed by atoms with E-state index < -0.39 is 0 Å². The highest BCUT2D eigenvalue weighted by Crippen LogP contribution is 2.32. The van der Waals surface area contributed by atoms with E-state index in [1.165, 1.54) is 16.9 Å². The zero-order valence-electron chi connectivity index (χ0n) is 15.5. The Morgan fingerprint density at radius 3 is 2.64 bits per heavy atom. The summed E-state index contributed by atoms with van der Waals surface area (Å²) in [5.74, 6) is 0.399. The molecule has 1 aliphatic rings. The van der Waals surface area contributed by atoms with Crippen molar-refractivity contribution in [2.24, 2.45) is 7.05 Å². The smallest absolute Gasteiger partial charge is 0.142 e. The molecule has 4 rings (SSSR count). The van der Waals surface area contributed by atoms with Crippen molar-refractivity contribution in [3.05, 3.63) is 47.2 Å². The van der Waals surface area contributed by atoms with Crippen molar-refractivity contribution in [3.63, 3.8) is 0 Å². The molecule has 0 spiro atoms. The molecule has 6 nitrogen and oxygen atoms in total. The lowest BCUT2D eigenvalue weighted by Gasteiger charge is -2.21. The lowest BCUT2D eigenvalue weighted by molar-refractivity contribution is 0.120. The molecule has 3 aromatic rings. The third-order valence-electron chi connectivity index (χ3n) is 5.18. The number of nitrogens with zero attached hydrogens (tertiary/aromatic N) is 5. The third kappa shape index (κ3) is 2.61. The standard InChI is InChI=1S/C19H25N5O/c1-12(2)17-10-24-9-15(6-16(13(3)25-5)19(24)21-17)23-8-14-7-20-22(4)18(14)11-23/h6-7,9-10,12-13H,8,11H2,1-5H3/t13-/m1/s1. The van der Waals surface area contributed by atoms with Crippen molar-refractivity contribution in [2.45, 2.75) is 45.9 Å². The van der Waals surface area contributed by atoms with Gasteiger partial charge in [-0.1, -0.05) is 13.8 Å². The second-order valence-corrected chi connectivity index (χ2v) is 7.18. The minimum Gasteiger partial charge on any atom is -0.377 e. The van der Waals surface area contributed by atoms with Crippen LogP contribution in [0.5, 0.6) is 0 Å². The minimum atomic E-state index is -0.00323. The highest BCUT2D eigenvalue weighted by molar-refractivity contribution is 5.60. The largest absolute Gasteiger partial charge is 0.377 e. The van der Waals surface area contributed by atoms with Gasteiger partial charge in [0.15, 0.2) is 0 Å². The number of aromatic nitrogens is 4. The van der Waals surface area contributed by atoms with Gasteiger partial charge in [0, 0.05) is 44.2 Å². The first-order chi connectivity index (χ1) is 12.0. The summed E-state index contributed by atoms with van der Waals surface area (Å²) < 4.78 is 9.73. The lowest BCUT2D eigenvalue weighted by Crippen LogP contribution is -2.17. The number of methoxy groups -OCH3 is 1. The summed E-state index contributed by atoms with van der Waals surface area (Å²) in [4.78, 5) is 7.22. The van der Waals surface area contributed by atoms with Gasteiger partial charge in [-0.25, -0.2) is 4.98 Å². The Bertz CT molecular complexity index is 923. The summed E-state index contributed by atoms with van der Waals surface area (Å²) in [6.07, 6.45) is 6.29. The van der Waals surface area contributed by atoms with Gasteiger partial charge in [-0.15, -0.1) is 0 Å². The fourth-order valence-electron chi connectivity index (χ4n) is 3.47. The molecule has 3 aromatic heterocycles. The van der Waals surface area contributed by atoms with Crippen LogP contribution < -0.4 is 4.90 Å². The molecule has 6 heteroatoms. The van der Waals surface area contributed by atoms with Crippen LogP contribution in [0.2, 0.25) is 0 Å². The van der Waals surface area contributed by atoms with E-state index >= 15 is 0 Å². The van der Waals surface area contributed by atoms with Crippen LogP contribution in [0, 0.1) is 0 Å². The topological polar surface area (TPSA) is 47.6 Å². The van der Waals surface area contributed by atoms with Crippen molar-refractivity contribution < 1.29 is 4.74 Å². The molecule has 0 unspecified atom stereocenters. The van der Waals surface area contributed by atoms with Gasteiger partial charge in [-0.3, -0.25) is 4.68 Å². The predicted molar refractivity (Wildman–Crippen MR) is 97.8 cm³/mol. The number of rotatable bonds is 4. The van der Waals surface area contributed by atoms with E-state index in [-0.39, 0.29) is 6.10 Å². The predicted octanol–water partition coefficient (Wildman–Crippen LogP) is 3.42. The van der Waals surface area contributed by atoms with Crippen molar-refractivity contribution in [3.8, 4) is 0 Å². The van der Waals surface area contributed by atoms with Crippen LogP contribution in [0.25, 0.3) is 5.65 Å². The summed E-state index contributed by atoms with van der Waals surface area (Å²) in [5.41, 5.74) is 7.00. The van der Waals surface area contributed by atoms with Crippen molar-refractivity contribution in [2.75, 3.05) is 12.0 Å². The Hall–Kier alpha value is -2.34. The molecule has 0 aliphatic carbocycles. The number of pyridine rings is 1. The van der Waals surface area contributed by atoms with E-state index in [1.807, 2.05) is 17.9 Å². The molecule has 0 saturated heterocycles. The van der Waals surface area contributed by atoms with Gasteiger partial charge in [-0.2, -0.15) is 5.10 Å². The molecule has 1 atom stereocenters. The number of ether oxygens (including phenoxy) is 1. The van der Waals surface area contributed by atoms with Gasteiger partial charge in [-0.05, 0) is 18.9 Å². The summed E-state index contributed by atoms with van der Waals surface area (Å²) in [5, 5.41) is 4.35. The molecule has 1 aliphatic heterocycles. The van der Waals surface area contributed by atoms with Gasteiger partial charge in [0.05, 0.1) is 35.9 Å². The molecule has 0 N–H and O–H groups in total. The lowest BCUT2D eigenvalue weighted by atomic mass is 10.1. The van der Waals surface area contributed by atoms with Crippen molar-refractivity contribution in [1.82, 2.24) is 19.2 Å². The van der Waals surface area contributed by atoms with Gasteiger partial charge < -0.3 is 14.0 Å². The summed E-state index contributed by atoms with van der Waals surface area (Å²) >= 11 is 0. The van der Waals surface area contributed by atoms with E-state index in [0.29, 0.717) is 5.92 Å². The molecular formula is C19H25N5O. The highest BCUT2D eigenvalue weighted by Gasteiger charge is 2.25. The average molecular weight is 339 g/mol. The fourth-order valence-corrected chi connectivity index (χ4v) is 3.47. The minimum absolute atomic E-state index is 0.00323. The molecule has 0 radical (unpaired) electrons. The maximum absolute atomic E-state index is 5.61. The monoisotopic (exact) mass is 339 g/mol. The highest BCUT2D eigenvalue weighted by atomic mass is 16.5. The number of hydrogen-bond donors (Lipinski definition) is 0. The fraction of sp³-hybridized carbons (Fsp3) is 0.474. The number of anilines is 1. The van der Waals surface area contributed by atoms with E-state index in [1.54, 1.807) is 7.11 Å². The Morgan fingerprint density at radius 1 is 1.16 bits per heavy atom. The SMILES string of the molecule is CO[C@H](C)c1cc(N2Cc3cnn(C)c3C2)cn2cc(C(C)C)nc12. The quantitative estimate of drug-likeness (QED) is 0.731. The second kappa shape index (κ2) is 5.88. The molecular weight excluding hydrogens is 314 g/mol. The third-order valence-corrected chi connectivity index (χ3v) is 5.18. The Labute approximate surface area is 148 Å². The molecule has 0 bridgehead atoms. The van der Waals surface area contributed by atoms with Gasteiger partial charge in [0.1, 0.15) is 5.65 Å². The first kappa shape index (κ1) is 16.1. The van der Waals surface area contributed by atoms with Gasteiger partial charge in [0.25, 0.3) is 0 Å². The Kier molecular flexibility index (Phi) is 3.80. The van der Waals surface area contributed by atoms with Gasteiger partial charge >= 0.3 is 0 Å². The zero-order valence-corrected chi connectivity index (χ0v) is 15.5. The summed E-state index contributed by atoms with van der Waals surface area (Å²) in [7, 11) is 3.76. The number of imidazole rings is 1. The molecule has 0 fully saturated rings. The van der Waals surface area contributed by atoms with E-state index in [9.17, 15) is 0 Å². The first-order valence-corrected chi connectivity index (χ1v) is 8.78. The summed E-state index contributed by atoms with van der Waals surface area (Å²) in [6.45, 7) is 8.19. The zero-order chi connectivity index (χ0) is 17.7. The number of fused-ring (bicyclic) bond motifs is 2. The van der Waals surface area contributed by atoms with E-state index in [0.717, 1.165) is 30.0 Å². The van der Waals surface area contributed by atoms with Crippen molar-refractivity contribution in [1.29, 1.82) is 0 Å². The number of aryl methyl sites for hydroxylation is 1. The molecule has 0 saturated carbocycles. The molecule has 132 valence electrons. The molecule has 4 heterocycles. The molecule has 0 amide bonds. The van der Waals surface area contributed by atoms with Crippen LogP contribution in [-0.2, 0) is 24.9 Å². The van der Waals surface area contributed by atoms with Crippen LogP contribution >= 0.6 is 0 Å². The normalized spacial score (nSPS) is 15.4. The van der Waals surface area contributed by atoms with Gasteiger partial charge in [0.2, 0.25) is 0 Å². The van der Waals surface area contributed by atoms with Crippen LogP contribution in [-0.4, -0.2) is 26.3 Å². The van der Waals surface area contributed by atoms with Crippen LogP contribution in [0.1, 0.15) is 55.3 Å². The Balaban J connectivity index is 1.79. The maximum atomic E-state index is 5.61. The van der Waals surface area contributed by atoms with E-state index in [4.69, 9.17) is 9.72 Å². The molecule has 0 aromatic carbocycles. The number of hydrogen-bond acceptors (Lipinski definition) is 4. The maximum Gasteiger partial charge on any atom is 0.142 e. The summed E-state index contributed by atoms with van der Waals surface area (Å²) in [6, 6.07) is 2.22. The molecule has 25 heavy (non-hydrogen) atoms. The average Bonchev–Trinajstić information content (AvgIpc) is 3.28. The Morgan fingerprint density at radius 2 is 1.96 bits per heavy atom. The van der Waals surface area contributed by atoms with Crippen LogP contribution in [0.3, 0.4) is 0 Å². The van der Waals surface area contributed by atoms with E-state index in [2.05, 4.69) is 53.6 Å². The van der Waals surface area contributed by atoms with Crippen LogP contribution in [0.15, 0.2) is 24.7 Å². The van der Waals surface area contributed by atoms with Crippen molar-refractivity contribution >= 4 is 11.3 Å². The van der Waals surface area contributed by atoms with Crippen LogP contribution in [0.4, 0.5) is 5.69 Å². The second-order valence-electron chi connectivity index (χ2n) is 7.18.